The van der Waals surface area contributed by atoms with Crippen LogP contribution in [0.2, 0.25) is 5.02 Å². The third-order valence-electron chi connectivity index (χ3n) is 4.80. The Bertz CT molecular complexity index is 1220. The number of amides is 1. The minimum absolute atomic E-state index is 0.184. The minimum Gasteiger partial charge on any atom is -0.488 e. The molecule has 4 aromatic rings. The van der Waals surface area contributed by atoms with Crippen LogP contribution in [0.25, 0.3) is 0 Å². The van der Waals surface area contributed by atoms with E-state index in [1.807, 2.05) is 55.5 Å². The van der Waals surface area contributed by atoms with Crippen molar-refractivity contribution in [1.29, 1.82) is 0 Å². The summed E-state index contributed by atoms with van der Waals surface area (Å²) >= 11 is 5.92. The lowest BCUT2D eigenvalue weighted by Crippen LogP contribution is -2.15. The molecule has 0 fully saturated rings. The first kappa shape index (κ1) is 20.7. The highest BCUT2D eigenvalue weighted by Crippen LogP contribution is 2.22. The molecule has 2 aromatic heterocycles. The van der Waals surface area contributed by atoms with E-state index in [9.17, 15) is 4.79 Å². The van der Waals surface area contributed by atoms with Crippen molar-refractivity contribution < 1.29 is 14.1 Å². The van der Waals surface area contributed by atoms with Gasteiger partial charge in [0.25, 0.3) is 5.91 Å². The van der Waals surface area contributed by atoms with E-state index in [0.717, 1.165) is 16.9 Å². The molecule has 4 rings (SSSR count). The van der Waals surface area contributed by atoms with Gasteiger partial charge in [-0.25, -0.2) is 0 Å². The molecule has 2 heterocycles. The Morgan fingerprint density at radius 1 is 1.19 bits per heavy atom. The fourth-order valence-electron chi connectivity index (χ4n) is 3.16. The third-order valence-corrected chi connectivity index (χ3v) is 4.99. The maximum absolute atomic E-state index is 12.9. The summed E-state index contributed by atoms with van der Waals surface area (Å²) in [6.07, 6.45) is 3.33. The van der Waals surface area contributed by atoms with Crippen LogP contribution in [-0.2, 0) is 13.2 Å². The van der Waals surface area contributed by atoms with Gasteiger partial charge in [-0.2, -0.15) is 5.10 Å². The van der Waals surface area contributed by atoms with Gasteiger partial charge in [-0.3, -0.25) is 9.48 Å². The van der Waals surface area contributed by atoms with Crippen molar-refractivity contribution in [3.63, 3.8) is 0 Å². The van der Waals surface area contributed by atoms with Gasteiger partial charge in [0.2, 0.25) is 0 Å². The van der Waals surface area contributed by atoms with Crippen LogP contribution in [-0.4, -0.2) is 20.8 Å². The molecule has 7 nitrogen and oxygen atoms in total. The Morgan fingerprint density at radius 2 is 2.03 bits per heavy atom. The van der Waals surface area contributed by atoms with E-state index in [-0.39, 0.29) is 18.2 Å². The highest BCUT2D eigenvalue weighted by Gasteiger charge is 2.21. The zero-order valence-corrected chi connectivity index (χ0v) is 17.9. The number of benzene rings is 2. The molecular formula is C23H21ClN4O3. The van der Waals surface area contributed by atoms with Crippen LogP contribution in [0.1, 0.15) is 32.9 Å². The highest BCUT2D eigenvalue weighted by molar-refractivity contribution is 6.30. The van der Waals surface area contributed by atoms with Gasteiger partial charge >= 0.3 is 0 Å². The summed E-state index contributed by atoms with van der Waals surface area (Å²) in [6, 6.07) is 15.2. The highest BCUT2D eigenvalue weighted by atomic mass is 35.5. The standard InChI is InChI=1S/C23H21ClN4O3/c1-15-6-3-4-9-21(15)30-14-20-16(2)31-27-22(20)23(29)26-19-8-5-7-17(10-19)12-28-13-18(24)11-25-28/h3-11,13H,12,14H2,1-2H3,(H,26,29). The van der Waals surface area contributed by atoms with Crippen molar-refractivity contribution in [2.75, 3.05) is 5.32 Å². The Kier molecular flexibility index (Phi) is 6.04. The molecule has 0 unspecified atom stereocenters. The van der Waals surface area contributed by atoms with Crippen LogP contribution in [0, 0.1) is 13.8 Å². The van der Waals surface area contributed by atoms with E-state index < -0.39 is 0 Å². The summed E-state index contributed by atoms with van der Waals surface area (Å²) < 4.78 is 12.9. The number of anilines is 1. The van der Waals surface area contributed by atoms with Crippen LogP contribution < -0.4 is 10.1 Å². The number of hydrogen-bond donors (Lipinski definition) is 1. The van der Waals surface area contributed by atoms with Crippen LogP contribution >= 0.6 is 11.6 Å². The van der Waals surface area contributed by atoms with E-state index in [2.05, 4.69) is 15.6 Å². The molecule has 0 saturated heterocycles. The Labute approximate surface area is 184 Å². The second-order valence-corrected chi connectivity index (χ2v) is 7.57. The molecule has 0 spiro atoms. The first-order valence-corrected chi connectivity index (χ1v) is 10.1. The van der Waals surface area contributed by atoms with Crippen LogP contribution in [0.3, 0.4) is 0 Å². The number of hydrogen-bond acceptors (Lipinski definition) is 5. The molecule has 0 radical (unpaired) electrons. The molecule has 0 atom stereocenters. The lowest BCUT2D eigenvalue weighted by atomic mass is 10.1. The number of carbonyl (C=O) groups is 1. The van der Waals surface area contributed by atoms with E-state index in [0.29, 0.717) is 28.6 Å². The van der Waals surface area contributed by atoms with Gasteiger partial charge < -0.3 is 14.6 Å². The van der Waals surface area contributed by atoms with Crippen molar-refractivity contribution in [1.82, 2.24) is 14.9 Å². The van der Waals surface area contributed by atoms with Gasteiger partial charge in [-0.15, -0.1) is 0 Å². The van der Waals surface area contributed by atoms with E-state index in [1.165, 1.54) is 0 Å². The van der Waals surface area contributed by atoms with Crippen LogP contribution in [0.4, 0.5) is 5.69 Å². The molecule has 158 valence electrons. The first-order chi connectivity index (χ1) is 15.0. The average Bonchev–Trinajstić information content (AvgIpc) is 3.32. The number of nitrogens with zero attached hydrogens (tertiary/aromatic N) is 3. The van der Waals surface area contributed by atoms with Crippen molar-refractivity contribution in [3.05, 3.63) is 94.1 Å². The molecule has 0 saturated carbocycles. The molecule has 2 aromatic carbocycles. The van der Waals surface area contributed by atoms with Crippen molar-refractivity contribution >= 4 is 23.2 Å². The lowest BCUT2D eigenvalue weighted by molar-refractivity contribution is 0.101. The number of halogens is 1. The molecule has 0 bridgehead atoms. The van der Waals surface area contributed by atoms with Gasteiger partial charge in [0.05, 0.1) is 23.3 Å². The number of carbonyl (C=O) groups excluding carboxylic acids is 1. The first-order valence-electron chi connectivity index (χ1n) is 9.71. The fraction of sp³-hybridized carbons (Fsp3) is 0.174. The minimum atomic E-state index is -0.362. The predicted molar refractivity (Wildman–Crippen MR) is 117 cm³/mol. The van der Waals surface area contributed by atoms with Crippen LogP contribution in [0.15, 0.2) is 65.4 Å². The molecule has 8 heteroatoms. The Balaban J connectivity index is 1.47. The number of ether oxygens (including phenoxy) is 1. The summed E-state index contributed by atoms with van der Waals surface area (Å²) in [5, 5.41) is 11.6. The molecule has 1 amide bonds. The zero-order valence-electron chi connectivity index (χ0n) is 17.1. The van der Waals surface area contributed by atoms with E-state index >= 15 is 0 Å². The second kappa shape index (κ2) is 9.06. The second-order valence-electron chi connectivity index (χ2n) is 7.13. The molecule has 31 heavy (non-hydrogen) atoms. The molecule has 0 aliphatic carbocycles. The van der Waals surface area contributed by atoms with E-state index in [1.54, 1.807) is 24.0 Å². The summed E-state index contributed by atoms with van der Waals surface area (Å²) in [5.41, 5.74) is 3.44. The molecule has 1 N–H and O–H groups in total. The maximum atomic E-state index is 12.9. The largest absolute Gasteiger partial charge is 0.488 e. The number of para-hydroxylation sites is 1. The number of nitrogens with one attached hydrogen (secondary N) is 1. The number of aromatic nitrogens is 3. The normalized spacial score (nSPS) is 10.8. The summed E-state index contributed by atoms with van der Waals surface area (Å²) in [5.74, 6) is 0.934. The SMILES string of the molecule is Cc1ccccc1OCc1c(C(=O)Nc2cccc(Cn3cc(Cl)cn3)c2)noc1C. The van der Waals surface area contributed by atoms with E-state index in [4.69, 9.17) is 20.9 Å². The molecular weight excluding hydrogens is 416 g/mol. The van der Waals surface area contributed by atoms with Crippen molar-refractivity contribution in [2.24, 2.45) is 0 Å². The molecule has 0 aliphatic rings. The number of aryl methyl sites for hydroxylation is 2. The zero-order chi connectivity index (χ0) is 21.8. The summed E-state index contributed by atoms with van der Waals surface area (Å²) in [4.78, 5) is 12.9. The topological polar surface area (TPSA) is 82.2 Å². The van der Waals surface area contributed by atoms with Gasteiger partial charge in [-0.1, -0.05) is 47.1 Å². The Hall–Kier alpha value is -3.58. The quantitative estimate of drug-likeness (QED) is 0.439. The maximum Gasteiger partial charge on any atom is 0.278 e. The smallest absolute Gasteiger partial charge is 0.278 e. The van der Waals surface area contributed by atoms with Gasteiger partial charge in [0, 0.05) is 11.9 Å². The average molecular weight is 437 g/mol. The monoisotopic (exact) mass is 436 g/mol. The fourth-order valence-corrected chi connectivity index (χ4v) is 3.31. The summed E-state index contributed by atoms with van der Waals surface area (Å²) in [6.45, 7) is 4.45. The predicted octanol–water partition coefficient (Wildman–Crippen LogP) is 5.02. The molecule has 0 aliphatic heterocycles. The van der Waals surface area contributed by atoms with Gasteiger partial charge in [-0.05, 0) is 43.2 Å². The van der Waals surface area contributed by atoms with Crippen molar-refractivity contribution in [3.8, 4) is 5.75 Å². The van der Waals surface area contributed by atoms with Gasteiger partial charge in [0.15, 0.2) is 5.69 Å². The van der Waals surface area contributed by atoms with Gasteiger partial charge in [0.1, 0.15) is 18.1 Å². The number of rotatable bonds is 7. The summed E-state index contributed by atoms with van der Waals surface area (Å²) in [7, 11) is 0. The third kappa shape index (κ3) is 4.95. The van der Waals surface area contributed by atoms with Crippen LogP contribution in [0.5, 0.6) is 5.75 Å². The van der Waals surface area contributed by atoms with Crippen molar-refractivity contribution in [2.45, 2.75) is 27.0 Å². The Morgan fingerprint density at radius 3 is 2.81 bits per heavy atom. The lowest BCUT2D eigenvalue weighted by Gasteiger charge is -2.10.